The number of hydrogen-bond donors (Lipinski definition) is 2. The Kier molecular flexibility index (Phi) is 6.08. The Morgan fingerprint density at radius 1 is 1.21 bits per heavy atom. The first kappa shape index (κ1) is 15.8. The van der Waals surface area contributed by atoms with Gasteiger partial charge in [0.05, 0.1) is 0 Å². The molecule has 1 heterocycles. The number of aliphatic carboxylic acids is 1. The van der Waals surface area contributed by atoms with Crippen LogP contribution in [0.5, 0.6) is 0 Å². The summed E-state index contributed by atoms with van der Waals surface area (Å²) in [7, 11) is 0. The largest absolute Gasteiger partial charge is 0.480 e. The molecule has 110 valence electrons. The van der Waals surface area contributed by atoms with E-state index in [2.05, 4.69) is 17.1 Å². The highest BCUT2D eigenvalue weighted by molar-refractivity contribution is 5.82. The third-order valence-corrected chi connectivity index (χ3v) is 3.41. The van der Waals surface area contributed by atoms with E-state index in [-0.39, 0.29) is 11.9 Å². The lowest BCUT2D eigenvalue weighted by atomic mass is 10.0. The topological polar surface area (TPSA) is 72.9 Å². The van der Waals surface area contributed by atoms with Crippen LogP contribution in [0.4, 0.5) is 4.79 Å². The molecule has 0 aliphatic carbocycles. The van der Waals surface area contributed by atoms with Gasteiger partial charge in [-0.1, -0.05) is 20.8 Å². The van der Waals surface area contributed by atoms with E-state index in [1.54, 1.807) is 4.90 Å². The summed E-state index contributed by atoms with van der Waals surface area (Å²) < 4.78 is 0. The van der Waals surface area contributed by atoms with Crippen LogP contribution < -0.4 is 5.32 Å². The monoisotopic (exact) mass is 271 g/mol. The second-order valence-electron chi connectivity index (χ2n) is 5.39. The molecule has 2 amide bonds. The van der Waals surface area contributed by atoms with E-state index < -0.39 is 12.0 Å². The molecule has 1 atom stereocenters. The summed E-state index contributed by atoms with van der Waals surface area (Å²) in [4.78, 5) is 27.1. The molecule has 1 aliphatic heterocycles. The number of carbonyl (C=O) groups is 2. The molecule has 1 fully saturated rings. The van der Waals surface area contributed by atoms with Gasteiger partial charge in [-0.15, -0.1) is 0 Å². The van der Waals surface area contributed by atoms with Crippen LogP contribution in [0.2, 0.25) is 0 Å². The molecule has 19 heavy (non-hydrogen) atoms. The molecule has 1 aliphatic rings. The van der Waals surface area contributed by atoms with Crippen LogP contribution >= 0.6 is 0 Å². The summed E-state index contributed by atoms with van der Waals surface area (Å²) in [6.45, 7) is 10.0. The minimum absolute atomic E-state index is 0.235. The van der Waals surface area contributed by atoms with E-state index >= 15 is 0 Å². The highest BCUT2D eigenvalue weighted by Gasteiger charge is 2.25. The van der Waals surface area contributed by atoms with Gasteiger partial charge < -0.3 is 20.2 Å². The zero-order chi connectivity index (χ0) is 14.4. The molecule has 1 saturated heterocycles. The average molecular weight is 271 g/mol. The lowest BCUT2D eigenvalue weighted by molar-refractivity contribution is -0.139. The number of hydrogen-bond acceptors (Lipinski definition) is 3. The molecule has 0 aromatic heterocycles. The van der Waals surface area contributed by atoms with Crippen molar-refractivity contribution in [1.82, 2.24) is 15.1 Å². The van der Waals surface area contributed by atoms with E-state index in [0.717, 1.165) is 19.6 Å². The molecule has 0 aromatic rings. The highest BCUT2D eigenvalue weighted by Crippen LogP contribution is 2.07. The lowest BCUT2D eigenvalue weighted by Gasteiger charge is -2.34. The van der Waals surface area contributed by atoms with Gasteiger partial charge in [0.1, 0.15) is 6.04 Å². The Hall–Kier alpha value is -1.30. The van der Waals surface area contributed by atoms with Crippen molar-refractivity contribution in [1.29, 1.82) is 0 Å². The van der Waals surface area contributed by atoms with Crippen LogP contribution in [-0.4, -0.2) is 65.7 Å². The summed E-state index contributed by atoms with van der Waals surface area (Å²) in [5.74, 6) is -0.729. The Bertz CT molecular complexity index is 312. The molecule has 0 unspecified atom stereocenters. The number of amides is 2. The molecule has 0 bridgehead atoms. The molecule has 0 spiro atoms. The number of likely N-dealkylation sites (N-methyl/N-ethyl adjacent to an activating group) is 1. The van der Waals surface area contributed by atoms with Gasteiger partial charge in [0.2, 0.25) is 0 Å². The average Bonchev–Trinajstić information content (AvgIpc) is 2.37. The standard InChI is InChI=1S/C13H25N3O3/c1-4-15-5-7-16(8-6-15)13(19)14-11(12(17)18)9-10(2)3/h10-11H,4-9H2,1-3H3,(H,14,19)(H,17,18)/t11-/m1/s1. The second kappa shape index (κ2) is 7.33. The molecular weight excluding hydrogens is 246 g/mol. The third kappa shape index (κ3) is 5.06. The van der Waals surface area contributed by atoms with E-state index in [1.165, 1.54) is 0 Å². The third-order valence-electron chi connectivity index (χ3n) is 3.41. The quantitative estimate of drug-likeness (QED) is 0.777. The van der Waals surface area contributed by atoms with Crippen molar-refractivity contribution in [2.45, 2.75) is 33.2 Å². The number of carboxylic acid groups (broad SMARTS) is 1. The summed E-state index contributed by atoms with van der Waals surface area (Å²) in [6.07, 6.45) is 0.454. The van der Waals surface area contributed by atoms with Crippen molar-refractivity contribution in [3.05, 3.63) is 0 Å². The number of rotatable bonds is 5. The Morgan fingerprint density at radius 3 is 2.21 bits per heavy atom. The molecule has 0 aromatic carbocycles. The van der Waals surface area contributed by atoms with Crippen LogP contribution in [0.3, 0.4) is 0 Å². The van der Waals surface area contributed by atoms with Crippen molar-refractivity contribution in [2.75, 3.05) is 32.7 Å². The predicted octanol–water partition coefficient (Wildman–Crippen LogP) is 0.833. The van der Waals surface area contributed by atoms with E-state index in [0.29, 0.717) is 19.5 Å². The predicted molar refractivity (Wildman–Crippen MR) is 73.1 cm³/mol. The highest BCUT2D eigenvalue weighted by atomic mass is 16.4. The zero-order valence-corrected chi connectivity index (χ0v) is 12.1. The molecule has 6 nitrogen and oxygen atoms in total. The molecular formula is C13H25N3O3. The molecule has 0 radical (unpaired) electrons. The van der Waals surface area contributed by atoms with Crippen molar-refractivity contribution in [3.8, 4) is 0 Å². The van der Waals surface area contributed by atoms with Crippen molar-refractivity contribution in [2.24, 2.45) is 5.92 Å². The van der Waals surface area contributed by atoms with Gasteiger partial charge in [-0.05, 0) is 18.9 Å². The van der Waals surface area contributed by atoms with Gasteiger partial charge in [0.25, 0.3) is 0 Å². The second-order valence-corrected chi connectivity index (χ2v) is 5.39. The Morgan fingerprint density at radius 2 is 1.79 bits per heavy atom. The van der Waals surface area contributed by atoms with E-state index in [1.807, 2.05) is 13.8 Å². The lowest BCUT2D eigenvalue weighted by Crippen LogP contribution is -2.54. The number of nitrogens with one attached hydrogen (secondary N) is 1. The van der Waals surface area contributed by atoms with Crippen LogP contribution in [0.1, 0.15) is 27.2 Å². The Labute approximate surface area is 114 Å². The van der Waals surface area contributed by atoms with Crippen LogP contribution in [0.15, 0.2) is 0 Å². The number of carboxylic acids is 1. The van der Waals surface area contributed by atoms with Gasteiger partial charge in [0, 0.05) is 26.2 Å². The zero-order valence-electron chi connectivity index (χ0n) is 12.1. The van der Waals surface area contributed by atoms with Crippen molar-refractivity contribution < 1.29 is 14.7 Å². The first-order chi connectivity index (χ1) is 8.93. The number of carbonyl (C=O) groups excluding carboxylic acids is 1. The fourth-order valence-corrected chi connectivity index (χ4v) is 2.20. The van der Waals surface area contributed by atoms with Crippen LogP contribution in [0.25, 0.3) is 0 Å². The minimum atomic E-state index is -0.964. The van der Waals surface area contributed by atoms with Gasteiger partial charge >= 0.3 is 12.0 Å². The molecule has 2 N–H and O–H groups in total. The van der Waals surface area contributed by atoms with Gasteiger partial charge in [0.15, 0.2) is 0 Å². The van der Waals surface area contributed by atoms with Crippen molar-refractivity contribution >= 4 is 12.0 Å². The maximum Gasteiger partial charge on any atom is 0.326 e. The van der Waals surface area contributed by atoms with Gasteiger partial charge in [-0.3, -0.25) is 0 Å². The summed E-state index contributed by atoms with van der Waals surface area (Å²) in [5, 5.41) is 11.7. The SMILES string of the molecule is CCN1CCN(C(=O)N[C@H](CC(C)C)C(=O)O)CC1. The maximum atomic E-state index is 12.0. The summed E-state index contributed by atoms with van der Waals surface area (Å²) >= 11 is 0. The first-order valence-electron chi connectivity index (χ1n) is 6.94. The minimum Gasteiger partial charge on any atom is -0.480 e. The molecule has 1 rings (SSSR count). The fourth-order valence-electron chi connectivity index (χ4n) is 2.20. The van der Waals surface area contributed by atoms with Crippen LogP contribution in [-0.2, 0) is 4.79 Å². The van der Waals surface area contributed by atoms with Gasteiger partial charge in [-0.25, -0.2) is 9.59 Å². The molecule has 0 saturated carbocycles. The fraction of sp³-hybridized carbons (Fsp3) is 0.846. The van der Waals surface area contributed by atoms with E-state index in [4.69, 9.17) is 5.11 Å². The van der Waals surface area contributed by atoms with Crippen molar-refractivity contribution in [3.63, 3.8) is 0 Å². The maximum absolute atomic E-state index is 12.0. The van der Waals surface area contributed by atoms with Gasteiger partial charge in [-0.2, -0.15) is 0 Å². The first-order valence-corrected chi connectivity index (χ1v) is 6.94. The normalized spacial score (nSPS) is 18.4. The summed E-state index contributed by atoms with van der Waals surface area (Å²) in [5.41, 5.74) is 0. The van der Waals surface area contributed by atoms with E-state index in [9.17, 15) is 9.59 Å². The number of nitrogens with zero attached hydrogens (tertiary/aromatic N) is 2. The van der Waals surface area contributed by atoms with Crippen LogP contribution in [0, 0.1) is 5.92 Å². The summed E-state index contributed by atoms with van der Waals surface area (Å²) in [6, 6.07) is -1.06. The molecule has 6 heteroatoms. The number of piperazine rings is 1. The smallest absolute Gasteiger partial charge is 0.326 e. The number of urea groups is 1. The Balaban J connectivity index is 2.46.